The van der Waals surface area contributed by atoms with Gasteiger partial charge in [-0.15, -0.1) is 4.95 Å². The number of alkyl halides is 3. The molecule has 1 heterocycles. The van der Waals surface area contributed by atoms with Crippen molar-refractivity contribution in [3.8, 4) is 11.5 Å². The number of hydrogen-bond acceptors (Lipinski definition) is 4. The first-order valence-electron chi connectivity index (χ1n) is 11.8. The first-order chi connectivity index (χ1) is 18.4. The molecule has 12 heteroatoms. The van der Waals surface area contributed by atoms with E-state index in [1.807, 2.05) is 0 Å². The van der Waals surface area contributed by atoms with Gasteiger partial charge in [0.1, 0.15) is 26.4 Å². The number of hydrogen-bond donors (Lipinski definition) is 0. The van der Waals surface area contributed by atoms with Crippen LogP contribution in [0.5, 0.6) is 11.5 Å². The predicted octanol–water partition coefficient (Wildman–Crippen LogP) is 6.64. The van der Waals surface area contributed by atoms with Crippen LogP contribution in [0.1, 0.15) is 23.6 Å². The van der Waals surface area contributed by atoms with Crippen LogP contribution in [0.25, 0.3) is 4.95 Å². The first-order valence-corrected chi connectivity index (χ1v) is 14.3. The van der Waals surface area contributed by atoms with Gasteiger partial charge < -0.3 is 9.64 Å². The van der Waals surface area contributed by atoms with E-state index in [4.69, 9.17) is 22.9 Å². The molecule has 0 N–H and O–H groups in total. The van der Waals surface area contributed by atoms with E-state index in [0.717, 1.165) is 18.4 Å². The summed E-state index contributed by atoms with van der Waals surface area (Å²) in [5, 5.41) is 4.54. The fourth-order valence-electron chi connectivity index (χ4n) is 4.31. The highest BCUT2D eigenvalue weighted by Crippen LogP contribution is 2.38. The lowest BCUT2D eigenvalue weighted by Gasteiger charge is -2.25. The number of anilines is 1. The lowest BCUT2D eigenvalue weighted by atomic mass is 10.0. The van der Waals surface area contributed by atoms with Gasteiger partial charge in [-0.3, -0.25) is 4.90 Å². The molecule has 0 spiro atoms. The SMILES string of the molecule is [C-]#[N+]/N=C1/N(CCCS(C)(=O)=O)CC(c2cccc(C(F)(F)F)c2)N1c1ccc(Oc2ccc(Cl)cc2)cc1. The second-order valence-electron chi connectivity index (χ2n) is 8.99. The normalized spacial score (nSPS) is 16.9. The number of halogens is 4. The van der Waals surface area contributed by atoms with Gasteiger partial charge >= 0.3 is 6.18 Å². The summed E-state index contributed by atoms with van der Waals surface area (Å²) in [6.45, 7) is 7.82. The van der Waals surface area contributed by atoms with Gasteiger partial charge in [0.05, 0.1) is 17.4 Å². The van der Waals surface area contributed by atoms with Gasteiger partial charge in [-0.1, -0.05) is 23.7 Å². The Morgan fingerprint density at radius 2 is 1.72 bits per heavy atom. The summed E-state index contributed by atoms with van der Waals surface area (Å²) in [4.78, 5) is 6.61. The number of nitrogens with zero attached hydrogens (tertiary/aromatic N) is 4. The van der Waals surface area contributed by atoms with Crippen LogP contribution in [-0.4, -0.2) is 44.4 Å². The van der Waals surface area contributed by atoms with Gasteiger partial charge in [-0.25, -0.2) is 8.42 Å². The molecule has 3 aromatic carbocycles. The molecule has 1 fully saturated rings. The van der Waals surface area contributed by atoms with Crippen molar-refractivity contribution in [1.82, 2.24) is 4.90 Å². The predicted molar refractivity (Wildman–Crippen MR) is 145 cm³/mol. The smallest absolute Gasteiger partial charge is 0.416 e. The molecule has 1 aliphatic rings. The maximum atomic E-state index is 13.5. The van der Waals surface area contributed by atoms with Crippen molar-refractivity contribution in [2.24, 2.45) is 5.10 Å². The fraction of sp³-hybridized carbons (Fsp3) is 0.259. The Bertz CT molecular complexity index is 1490. The molecular formula is C27H24ClF3N4O3S. The van der Waals surface area contributed by atoms with Crippen LogP contribution in [0.15, 0.2) is 77.9 Å². The summed E-state index contributed by atoms with van der Waals surface area (Å²) in [5.41, 5.74) is 0.175. The zero-order valence-electron chi connectivity index (χ0n) is 20.8. The monoisotopic (exact) mass is 576 g/mol. The van der Waals surface area contributed by atoms with E-state index >= 15 is 0 Å². The Kier molecular flexibility index (Phi) is 8.37. The van der Waals surface area contributed by atoms with Crippen LogP contribution in [0, 0.1) is 6.57 Å². The second kappa shape index (κ2) is 11.6. The summed E-state index contributed by atoms with van der Waals surface area (Å²) in [6, 6.07) is 18.1. The molecule has 0 saturated carbocycles. The molecule has 3 aromatic rings. The van der Waals surface area contributed by atoms with Gasteiger partial charge in [-0.2, -0.15) is 19.7 Å². The van der Waals surface area contributed by atoms with Crippen molar-refractivity contribution < 1.29 is 26.3 Å². The largest absolute Gasteiger partial charge is 0.457 e. The Morgan fingerprint density at radius 3 is 2.31 bits per heavy atom. The van der Waals surface area contributed by atoms with Crippen molar-refractivity contribution in [3.63, 3.8) is 0 Å². The molecule has 7 nitrogen and oxygen atoms in total. The van der Waals surface area contributed by atoms with E-state index in [1.165, 1.54) is 6.07 Å². The van der Waals surface area contributed by atoms with E-state index < -0.39 is 27.6 Å². The quantitative estimate of drug-likeness (QED) is 0.222. The maximum absolute atomic E-state index is 13.5. The lowest BCUT2D eigenvalue weighted by molar-refractivity contribution is -0.137. The number of ether oxygens (including phenoxy) is 1. The van der Waals surface area contributed by atoms with Crippen molar-refractivity contribution in [1.29, 1.82) is 0 Å². The van der Waals surface area contributed by atoms with Gasteiger partial charge in [0.2, 0.25) is 0 Å². The third-order valence-electron chi connectivity index (χ3n) is 6.05. The van der Waals surface area contributed by atoms with E-state index in [1.54, 1.807) is 64.4 Å². The number of guanidine groups is 1. The molecule has 0 amide bonds. The molecule has 4 rings (SSSR count). The van der Waals surface area contributed by atoms with Crippen LogP contribution < -0.4 is 9.64 Å². The van der Waals surface area contributed by atoms with Crippen molar-refractivity contribution in [3.05, 3.63) is 100 Å². The van der Waals surface area contributed by atoms with Crippen LogP contribution >= 0.6 is 11.6 Å². The van der Waals surface area contributed by atoms with E-state index in [-0.39, 0.29) is 31.2 Å². The van der Waals surface area contributed by atoms with Crippen molar-refractivity contribution in [2.75, 3.05) is 30.0 Å². The highest BCUT2D eigenvalue weighted by Gasteiger charge is 2.40. The molecule has 1 unspecified atom stereocenters. The zero-order valence-corrected chi connectivity index (χ0v) is 22.3. The van der Waals surface area contributed by atoms with E-state index in [0.29, 0.717) is 27.8 Å². The minimum absolute atomic E-state index is 0.0697. The van der Waals surface area contributed by atoms with Crippen molar-refractivity contribution in [2.45, 2.75) is 18.6 Å². The van der Waals surface area contributed by atoms with Gasteiger partial charge in [-0.05, 0) is 72.6 Å². The highest BCUT2D eigenvalue weighted by molar-refractivity contribution is 7.90. The molecule has 0 aliphatic carbocycles. The third kappa shape index (κ3) is 7.22. The summed E-state index contributed by atoms with van der Waals surface area (Å²) >= 11 is 5.92. The standard InChI is InChI=1S/C27H24ClF3N4O3S/c1-32-33-26-34(15-4-16-39(2,36)37)18-25(19-5-3-6-20(17-19)27(29,30)31)35(26)22-9-13-24(14-10-22)38-23-11-7-21(28)8-12-23/h3,5-14,17,25H,4,15-16,18H2,2H3/b33-26-. The number of benzene rings is 3. The Balaban J connectivity index is 1.69. The molecule has 0 radical (unpaired) electrons. The number of sulfone groups is 1. The molecule has 1 aliphatic heterocycles. The van der Waals surface area contributed by atoms with Crippen LogP contribution in [0.3, 0.4) is 0 Å². The van der Waals surface area contributed by atoms with Gasteiger partial charge in [0.25, 0.3) is 5.96 Å². The Hall–Kier alpha value is -3.75. The maximum Gasteiger partial charge on any atom is 0.416 e. The third-order valence-corrected chi connectivity index (χ3v) is 7.33. The molecule has 0 bridgehead atoms. The topological polar surface area (TPSA) is 66.6 Å². The molecule has 1 atom stereocenters. The molecule has 204 valence electrons. The summed E-state index contributed by atoms with van der Waals surface area (Å²) < 4.78 is 69.7. The minimum atomic E-state index is -4.53. The zero-order chi connectivity index (χ0) is 28.2. The van der Waals surface area contributed by atoms with E-state index in [2.05, 4.69) is 10.1 Å². The Morgan fingerprint density at radius 1 is 1.08 bits per heavy atom. The summed E-state index contributed by atoms with van der Waals surface area (Å²) in [7, 11) is -3.22. The lowest BCUT2D eigenvalue weighted by Crippen LogP contribution is -2.35. The molecular weight excluding hydrogens is 553 g/mol. The van der Waals surface area contributed by atoms with Gasteiger partial charge in [0.15, 0.2) is 0 Å². The van der Waals surface area contributed by atoms with Crippen LogP contribution in [-0.2, 0) is 16.0 Å². The average Bonchev–Trinajstić information content (AvgIpc) is 3.23. The minimum Gasteiger partial charge on any atom is -0.457 e. The van der Waals surface area contributed by atoms with E-state index in [9.17, 15) is 21.6 Å². The molecule has 0 aromatic heterocycles. The molecule has 1 saturated heterocycles. The summed E-state index contributed by atoms with van der Waals surface area (Å²) in [6.07, 6.45) is -3.12. The summed E-state index contributed by atoms with van der Waals surface area (Å²) in [5.74, 6) is 1.25. The highest BCUT2D eigenvalue weighted by atomic mass is 35.5. The van der Waals surface area contributed by atoms with Crippen molar-refractivity contribution >= 4 is 33.1 Å². The van der Waals surface area contributed by atoms with Crippen LogP contribution in [0.2, 0.25) is 5.02 Å². The second-order valence-corrected chi connectivity index (χ2v) is 11.7. The van der Waals surface area contributed by atoms with Crippen LogP contribution in [0.4, 0.5) is 18.9 Å². The molecule has 39 heavy (non-hydrogen) atoms. The fourth-order valence-corrected chi connectivity index (χ4v) is 5.09. The average molecular weight is 577 g/mol. The van der Waals surface area contributed by atoms with Gasteiger partial charge in [0, 0.05) is 30.1 Å². The Labute approximate surface area is 229 Å². The first kappa shape index (κ1) is 28.3. The number of rotatable bonds is 8.